The lowest BCUT2D eigenvalue weighted by Crippen LogP contribution is -2.38. The summed E-state index contributed by atoms with van der Waals surface area (Å²) in [6.45, 7) is 4.85. The van der Waals surface area contributed by atoms with Crippen LogP contribution in [0, 0.1) is 0 Å². The number of halogens is 1. The van der Waals surface area contributed by atoms with Crippen LogP contribution in [0.3, 0.4) is 0 Å². The highest BCUT2D eigenvalue weighted by Gasteiger charge is 2.15. The zero-order valence-corrected chi connectivity index (χ0v) is 21.5. The van der Waals surface area contributed by atoms with Gasteiger partial charge in [0.05, 0.1) is 20.3 Å². The summed E-state index contributed by atoms with van der Waals surface area (Å²) in [5.41, 5.74) is 2.94. The van der Waals surface area contributed by atoms with Crippen molar-refractivity contribution in [2.45, 2.75) is 0 Å². The second-order valence-corrected chi connectivity index (χ2v) is 9.28. The number of anilines is 1. The van der Waals surface area contributed by atoms with Gasteiger partial charge in [0.15, 0.2) is 0 Å². The second kappa shape index (κ2) is 11.6. The molecule has 0 saturated carbocycles. The molecule has 5 rings (SSSR count). The van der Waals surface area contributed by atoms with Crippen molar-refractivity contribution in [3.05, 3.63) is 89.4 Å². The molecule has 1 amide bonds. The maximum atomic E-state index is 13.3. The van der Waals surface area contributed by atoms with Crippen molar-refractivity contribution in [2.24, 2.45) is 0 Å². The Hall–Kier alpha value is -3.58. The van der Waals surface area contributed by atoms with E-state index in [1.807, 2.05) is 66.7 Å². The van der Waals surface area contributed by atoms with Gasteiger partial charge in [-0.25, -0.2) is 0 Å². The van der Waals surface area contributed by atoms with Crippen LogP contribution in [0.5, 0.6) is 11.5 Å². The Bertz CT molecular complexity index is 1400. The predicted molar refractivity (Wildman–Crippen MR) is 148 cm³/mol. The molecule has 0 atom stereocenters. The molecule has 1 saturated heterocycles. The Morgan fingerprint density at radius 3 is 2.54 bits per heavy atom. The number of morpholine rings is 1. The Morgan fingerprint density at radius 1 is 0.946 bits per heavy atom. The standard InChI is InChI=1S/C30H29ClN2O4/c1-35-28-11-9-23(31)20-26(28)21-5-4-6-22(19-21)30(34)32-27-10-12-29(25-8-3-2-7-24(25)27)37-18-15-33-13-16-36-17-14-33/h2-12,19-20H,13-18H2,1H3,(H,32,34). The van der Waals surface area contributed by atoms with Gasteiger partial charge in [0.1, 0.15) is 18.1 Å². The molecule has 0 spiro atoms. The molecule has 4 aromatic rings. The Balaban J connectivity index is 1.34. The first-order chi connectivity index (χ1) is 18.1. The summed E-state index contributed by atoms with van der Waals surface area (Å²) in [6.07, 6.45) is 0. The van der Waals surface area contributed by atoms with Crippen LogP contribution in [0.25, 0.3) is 21.9 Å². The Morgan fingerprint density at radius 2 is 1.73 bits per heavy atom. The molecule has 1 N–H and O–H groups in total. The van der Waals surface area contributed by atoms with Crippen molar-refractivity contribution in [1.29, 1.82) is 0 Å². The van der Waals surface area contributed by atoms with Gasteiger partial charge in [-0.2, -0.15) is 0 Å². The minimum Gasteiger partial charge on any atom is -0.496 e. The maximum Gasteiger partial charge on any atom is 0.255 e. The first-order valence-corrected chi connectivity index (χ1v) is 12.7. The van der Waals surface area contributed by atoms with Crippen molar-refractivity contribution in [3.8, 4) is 22.6 Å². The molecule has 0 radical (unpaired) electrons. The summed E-state index contributed by atoms with van der Waals surface area (Å²) in [6, 6.07) is 24.6. The van der Waals surface area contributed by atoms with E-state index in [1.54, 1.807) is 19.2 Å². The van der Waals surface area contributed by atoms with Gasteiger partial charge in [0.25, 0.3) is 5.91 Å². The summed E-state index contributed by atoms with van der Waals surface area (Å²) >= 11 is 6.22. The predicted octanol–water partition coefficient (Wildman–Crippen LogP) is 6.13. The van der Waals surface area contributed by atoms with Crippen LogP contribution >= 0.6 is 11.6 Å². The molecule has 0 aromatic heterocycles. The summed E-state index contributed by atoms with van der Waals surface area (Å²) in [4.78, 5) is 15.6. The van der Waals surface area contributed by atoms with E-state index in [0.717, 1.165) is 66.2 Å². The SMILES string of the molecule is COc1ccc(Cl)cc1-c1cccc(C(=O)Nc2ccc(OCCN3CCOCC3)c3ccccc23)c1. The van der Waals surface area contributed by atoms with E-state index >= 15 is 0 Å². The third-order valence-corrected chi connectivity index (χ3v) is 6.73. The van der Waals surface area contributed by atoms with E-state index in [0.29, 0.717) is 22.9 Å². The van der Waals surface area contributed by atoms with Gasteiger partial charge in [-0.1, -0.05) is 48.0 Å². The number of hydrogen-bond acceptors (Lipinski definition) is 5. The van der Waals surface area contributed by atoms with E-state index in [-0.39, 0.29) is 5.91 Å². The maximum absolute atomic E-state index is 13.3. The van der Waals surface area contributed by atoms with Crippen LogP contribution < -0.4 is 14.8 Å². The molecule has 4 aromatic carbocycles. The summed E-state index contributed by atoms with van der Waals surface area (Å²) in [5.74, 6) is 1.29. The molecule has 1 fully saturated rings. The zero-order chi connectivity index (χ0) is 25.6. The number of rotatable bonds is 8. The monoisotopic (exact) mass is 516 g/mol. The number of methoxy groups -OCH3 is 1. The second-order valence-electron chi connectivity index (χ2n) is 8.84. The quantitative estimate of drug-likeness (QED) is 0.305. The molecular weight excluding hydrogens is 488 g/mol. The van der Waals surface area contributed by atoms with Crippen LogP contribution in [0.2, 0.25) is 5.02 Å². The highest BCUT2D eigenvalue weighted by atomic mass is 35.5. The van der Waals surface area contributed by atoms with Crippen LogP contribution in [0.1, 0.15) is 10.4 Å². The number of fused-ring (bicyclic) bond motifs is 1. The van der Waals surface area contributed by atoms with Crippen molar-refractivity contribution in [1.82, 2.24) is 4.90 Å². The molecular formula is C30H29ClN2O4. The molecule has 0 bridgehead atoms. The van der Waals surface area contributed by atoms with Gasteiger partial charge in [-0.15, -0.1) is 0 Å². The van der Waals surface area contributed by atoms with Gasteiger partial charge in [0, 0.05) is 52.2 Å². The molecule has 1 aliphatic rings. The summed E-state index contributed by atoms with van der Waals surface area (Å²) in [5, 5.41) is 5.56. The molecule has 190 valence electrons. The van der Waals surface area contributed by atoms with E-state index in [9.17, 15) is 4.79 Å². The van der Waals surface area contributed by atoms with Gasteiger partial charge in [0.2, 0.25) is 0 Å². The lowest BCUT2D eigenvalue weighted by Gasteiger charge is -2.26. The lowest BCUT2D eigenvalue weighted by molar-refractivity contribution is 0.0323. The largest absolute Gasteiger partial charge is 0.496 e. The fourth-order valence-electron chi connectivity index (χ4n) is 4.54. The van der Waals surface area contributed by atoms with Gasteiger partial charge in [-0.05, 0) is 48.0 Å². The summed E-state index contributed by atoms with van der Waals surface area (Å²) in [7, 11) is 1.62. The van der Waals surface area contributed by atoms with Crippen LogP contribution in [0.4, 0.5) is 5.69 Å². The molecule has 1 aliphatic heterocycles. The van der Waals surface area contributed by atoms with E-state index < -0.39 is 0 Å². The molecule has 1 heterocycles. The van der Waals surface area contributed by atoms with Gasteiger partial charge >= 0.3 is 0 Å². The normalized spacial score (nSPS) is 13.9. The van der Waals surface area contributed by atoms with Crippen molar-refractivity contribution >= 4 is 34.0 Å². The summed E-state index contributed by atoms with van der Waals surface area (Å²) < 4.78 is 17.1. The molecule has 7 heteroatoms. The average Bonchev–Trinajstić information content (AvgIpc) is 2.94. The number of hydrogen-bond donors (Lipinski definition) is 1. The van der Waals surface area contributed by atoms with Crippen LogP contribution in [-0.4, -0.2) is 57.4 Å². The van der Waals surface area contributed by atoms with Crippen LogP contribution in [-0.2, 0) is 4.74 Å². The van der Waals surface area contributed by atoms with Gasteiger partial charge < -0.3 is 19.5 Å². The Labute approximate surface area is 221 Å². The number of amides is 1. The molecule has 0 unspecified atom stereocenters. The van der Waals surface area contributed by atoms with Gasteiger partial charge in [-0.3, -0.25) is 9.69 Å². The smallest absolute Gasteiger partial charge is 0.255 e. The van der Waals surface area contributed by atoms with Crippen LogP contribution in [0.15, 0.2) is 78.9 Å². The van der Waals surface area contributed by atoms with Crippen molar-refractivity contribution < 1.29 is 19.0 Å². The van der Waals surface area contributed by atoms with Crippen molar-refractivity contribution in [3.63, 3.8) is 0 Å². The number of benzene rings is 4. The first kappa shape index (κ1) is 25.1. The zero-order valence-electron chi connectivity index (χ0n) is 20.7. The molecule has 37 heavy (non-hydrogen) atoms. The fourth-order valence-corrected chi connectivity index (χ4v) is 4.72. The minimum atomic E-state index is -0.200. The lowest BCUT2D eigenvalue weighted by atomic mass is 10.0. The van der Waals surface area contributed by atoms with E-state index in [4.69, 9.17) is 25.8 Å². The topological polar surface area (TPSA) is 60.0 Å². The average molecular weight is 517 g/mol. The number of ether oxygens (including phenoxy) is 3. The number of carbonyl (C=O) groups is 1. The number of carbonyl (C=O) groups excluding carboxylic acids is 1. The van der Waals surface area contributed by atoms with E-state index in [2.05, 4.69) is 10.2 Å². The number of nitrogens with one attached hydrogen (secondary N) is 1. The first-order valence-electron chi connectivity index (χ1n) is 12.3. The molecule has 0 aliphatic carbocycles. The highest BCUT2D eigenvalue weighted by Crippen LogP contribution is 2.34. The third-order valence-electron chi connectivity index (χ3n) is 6.50. The third kappa shape index (κ3) is 5.88. The fraction of sp³-hybridized carbons (Fsp3) is 0.233. The Kier molecular flexibility index (Phi) is 7.90. The number of nitrogens with zero attached hydrogens (tertiary/aromatic N) is 1. The highest BCUT2D eigenvalue weighted by molar-refractivity contribution is 6.31. The van der Waals surface area contributed by atoms with Crippen molar-refractivity contribution in [2.75, 3.05) is 51.9 Å². The molecule has 6 nitrogen and oxygen atoms in total. The van der Waals surface area contributed by atoms with E-state index in [1.165, 1.54) is 0 Å². The minimum absolute atomic E-state index is 0.200.